The molecule has 0 bridgehead atoms. The number of nitrogens with zero attached hydrogens (tertiary/aromatic N) is 3. The van der Waals surface area contributed by atoms with Crippen LogP contribution in [0.1, 0.15) is 5.89 Å². The van der Waals surface area contributed by atoms with E-state index in [1.54, 1.807) is 18.5 Å². The summed E-state index contributed by atoms with van der Waals surface area (Å²) in [6.07, 6.45) is 3.31. The lowest BCUT2D eigenvalue weighted by Gasteiger charge is -2.01. The number of hydrogen-bond donors (Lipinski definition) is 1. The highest BCUT2D eigenvalue weighted by atomic mass is 16.5. The molecular weight excluding hydrogens is 256 g/mol. The van der Waals surface area contributed by atoms with Crippen LogP contribution in [0, 0.1) is 0 Å². The molecule has 6 nitrogen and oxygen atoms in total. The predicted octanol–water partition coefficient (Wildman–Crippen LogP) is 2.79. The Hall–Kier alpha value is -2.89. The van der Waals surface area contributed by atoms with Crippen LogP contribution in [-0.4, -0.2) is 15.2 Å². The summed E-state index contributed by atoms with van der Waals surface area (Å²) in [6.45, 7) is 0.204. The van der Waals surface area contributed by atoms with Crippen molar-refractivity contribution in [3.05, 3.63) is 60.7 Å². The quantitative estimate of drug-likeness (QED) is 0.767. The molecule has 1 N–H and O–H groups in total. The fourth-order valence-electron chi connectivity index (χ4n) is 1.58. The van der Waals surface area contributed by atoms with Crippen LogP contribution in [0.5, 0.6) is 5.75 Å². The maximum atomic E-state index is 5.47. The Morgan fingerprint density at radius 2 is 1.95 bits per heavy atom. The molecule has 0 unspecified atom stereocenters. The van der Waals surface area contributed by atoms with Crippen LogP contribution in [0.3, 0.4) is 0 Å². The molecule has 3 aromatic rings. The molecule has 6 heteroatoms. The monoisotopic (exact) mass is 268 g/mol. The number of aromatic nitrogens is 3. The van der Waals surface area contributed by atoms with Crippen LogP contribution in [0.2, 0.25) is 0 Å². The largest absolute Gasteiger partial charge is 0.482 e. The van der Waals surface area contributed by atoms with Crippen LogP contribution in [0.4, 0.5) is 11.7 Å². The van der Waals surface area contributed by atoms with E-state index < -0.39 is 0 Å². The van der Waals surface area contributed by atoms with Gasteiger partial charge < -0.3 is 14.5 Å². The topological polar surface area (TPSA) is 73.1 Å². The Balaban J connectivity index is 1.60. The number of anilines is 2. The first-order chi connectivity index (χ1) is 9.90. The molecule has 0 fully saturated rings. The number of pyridine rings is 1. The maximum Gasteiger partial charge on any atom is 0.320 e. The van der Waals surface area contributed by atoms with Gasteiger partial charge in [0.05, 0.1) is 6.20 Å². The zero-order chi connectivity index (χ0) is 13.6. The average molecular weight is 268 g/mol. The van der Waals surface area contributed by atoms with E-state index in [2.05, 4.69) is 20.5 Å². The summed E-state index contributed by atoms with van der Waals surface area (Å²) in [5.74, 6) is 1.05. The lowest BCUT2D eigenvalue weighted by atomic mass is 10.3. The fraction of sp³-hybridized carbons (Fsp3) is 0.0714. The van der Waals surface area contributed by atoms with Gasteiger partial charge in [0.2, 0.25) is 0 Å². The maximum absolute atomic E-state index is 5.47. The number of nitrogens with one attached hydrogen (secondary N) is 1. The van der Waals surface area contributed by atoms with Gasteiger partial charge in [0.25, 0.3) is 5.89 Å². The van der Waals surface area contributed by atoms with E-state index in [0.29, 0.717) is 17.7 Å². The van der Waals surface area contributed by atoms with Crippen molar-refractivity contribution >= 4 is 11.7 Å². The second-order valence-electron chi connectivity index (χ2n) is 3.97. The Morgan fingerprint density at radius 1 is 1.05 bits per heavy atom. The molecule has 20 heavy (non-hydrogen) atoms. The normalized spacial score (nSPS) is 10.2. The summed E-state index contributed by atoms with van der Waals surface area (Å²) < 4.78 is 10.9. The molecule has 0 aliphatic rings. The first kappa shape index (κ1) is 12.2. The van der Waals surface area contributed by atoms with Crippen LogP contribution in [0.15, 0.2) is 59.3 Å². The second-order valence-corrected chi connectivity index (χ2v) is 3.97. The molecule has 2 aromatic heterocycles. The molecule has 0 saturated heterocycles. The highest BCUT2D eigenvalue weighted by Crippen LogP contribution is 2.15. The third-order valence-electron chi connectivity index (χ3n) is 2.49. The summed E-state index contributed by atoms with van der Waals surface area (Å²) in [5, 5.41) is 10.8. The Kier molecular flexibility index (Phi) is 3.55. The molecule has 100 valence electrons. The van der Waals surface area contributed by atoms with Gasteiger partial charge in [0, 0.05) is 11.9 Å². The molecule has 0 spiro atoms. The van der Waals surface area contributed by atoms with Crippen LogP contribution < -0.4 is 10.1 Å². The lowest BCUT2D eigenvalue weighted by Crippen LogP contribution is -1.95. The van der Waals surface area contributed by atoms with Crippen molar-refractivity contribution in [3.63, 3.8) is 0 Å². The molecule has 2 heterocycles. The summed E-state index contributed by atoms with van der Waals surface area (Å²) in [5.41, 5.74) is 0.885. The molecule has 0 saturated carbocycles. The third kappa shape index (κ3) is 3.11. The van der Waals surface area contributed by atoms with Crippen molar-refractivity contribution in [2.75, 3.05) is 5.32 Å². The van der Waals surface area contributed by atoms with Crippen molar-refractivity contribution in [1.82, 2.24) is 15.2 Å². The van der Waals surface area contributed by atoms with Gasteiger partial charge in [-0.15, -0.1) is 5.10 Å². The molecule has 0 radical (unpaired) electrons. The first-order valence-electron chi connectivity index (χ1n) is 6.07. The number of ether oxygens (including phenoxy) is 1. The van der Waals surface area contributed by atoms with Gasteiger partial charge in [0.1, 0.15) is 5.75 Å². The van der Waals surface area contributed by atoms with Gasteiger partial charge in [-0.25, -0.2) is 0 Å². The van der Waals surface area contributed by atoms with E-state index in [1.807, 2.05) is 36.4 Å². The summed E-state index contributed by atoms with van der Waals surface area (Å²) in [7, 11) is 0. The lowest BCUT2D eigenvalue weighted by molar-refractivity contribution is 0.264. The Labute approximate surface area is 115 Å². The minimum Gasteiger partial charge on any atom is -0.482 e. The van der Waals surface area contributed by atoms with Gasteiger partial charge >= 0.3 is 6.01 Å². The smallest absolute Gasteiger partial charge is 0.320 e. The van der Waals surface area contributed by atoms with Gasteiger partial charge in [-0.2, -0.15) is 0 Å². The SMILES string of the molecule is c1ccc(Nc2nnc(COc3cccnc3)o2)cc1. The molecule has 0 aliphatic carbocycles. The number of benzene rings is 1. The van der Waals surface area contributed by atoms with Crippen LogP contribution >= 0.6 is 0 Å². The van der Waals surface area contributed by atoms with Gasteiger partial charge in [0.15, 0.2) is 6.61 Å². The predicted molar refractivity (Wildman–Crippen MR) is 72.6 cm³/mol. The van der Waals surface area contributed by atoms with Crippen molar-refractivity contribution in [3.8, 4) is 5.75 Å². The van der Waals surface area contributed by atoms with E-state index in [0.717, 1.165) is 5.69 Å². The first-order valence-corrected chi connectivity index (χ1v) is 6.07. The number of rotatable bonds is 5. The zero-order valence-electron chi connectivity index (χ0n) is 10.6. The van der Waals surface area contributed by atoms with Gasteiger partial charge in [-0.1, -0.05) is 23.3 Å². The highest BCUT2D eigenvalue weighted by molar-refractivity contribution is 5.50. The average Bonchev–Trinajstić information content (AvgIpc) is 2.95. The van der Waals surface area contributed by atoms with Crippen LogP contribution in [-0.2, 0) is 6.61 Å². The van der Waals surface area contributed by atoms with E-state index in [1.165, 1.54) is 0 Å². The fourth-order valence-corrected chi connectivity index (χ4v) is 1.58. The standard InChI is InChI=1S/C14H12N4O2/c1-2-5-11(6-3-1)16-14-18-17-13(20-14)10-19-12-7-4-8-15-9-12/h1-9H,10H2,(H,16,18). The Morgan fingerprint density at radius 3 is 2.75 bits per heavy atom. The number of para-hydroxylation sites is 1. The molecule has 1 aromatic carbocycles. The number of hydrogen-bond acceptors (Lipinski definition) is 6. The molecule has 3 rings (SSSR count). The van der Waals surface area contributed by atoms with E-state index >= 15 is 0 Å². The van der Waals surface area contributed by atoms with E-state index in [9.17, 15) is 0 Å². The zero-order valence-corrected chi connectivity index (χ0v) is 10.6. The van der Waals surface area contributed by atoms with Crippen molar-refractivity contribution < 1.29 is 9.15 Å². The molecule has 0 aliphatic heterocycles. The van der Waals surface area contributed by atoms with Crippen molar-refractivity contribution in [1.29, 1.82) is 0 Å². The van der Waals surface area contributed by atoms with E-state index in [4.69, 9.17) is 9.15 Å². The van der Waals surface area contributed by atoms with Crippen molar-refractivity contribution in [2.45, 2.75) is 6.61 Å². The Bertz CT molecular complexity index is 655. The van der Waals surface area contributed by atoms with Crippen LogP contribution in [0.25, 0.3) is 0 Å². The van der Waals surface area contributed by atoms with Gasteiger partial charge in [-0.3, -0.25) is 4.98 Å². The third-order valence-corrected chi connectivity index (χ3v) is 2.49. The van der Waals surface area contributed by atoms with E-state index in [-0.39, 0.29) is 6.61 Å². The molecule has 0 atom stereocenters. The summed E-state index contributed by atoms with van der Waals surface area (Å²) >= 11 is 0. The van der Waals surface area contributed by atoms with Gasteiger partial charge in [-0.05, 0) is 24.3 Å². The minimum atomic E-state index is 0.204. The summed E-state index contributed by atoms with van der Waals surface area (Å²) in [4.78, 5) is 3.95. The highest BCUT2D eigenvalue weighted by Gasteiger charge is 2.06. The summed E-state index contributed by atoms with van der Waals surface area (Å²) in [6, 6.07) is 13.5. The molecule has 0 amide bonds. The molecular formula is C14H12N4O2. The van der Waals surface area contributed by atoms with Crippen molar-refractivity contribution in [2.24, 2.45) is 0 Å². The second kappa shape index (κ2) is 5.83. The minimum absolute atomic E-state index is 0.204.